The van der Waals surface area contributed by atoms with Gasteiger partial charge in [-0.15, -0.1) is 0 Å². The van der Waals surface area contributed by atoms with E-state index >= 15 is 0 Å². The molecule has 0 bridgehead atoms. The van der Waals surface area contributed by atoms with Gasteiger partial charge in [0, 0.05) is 12.6 Å². The van der Waals surface area contributed by atoms with Crippen LogP contribution in [-0.4, -0.2) is 37.1 Å². The summed E-state index contributed by atoms with van der Waals surface area (Å²) in [4.78, 5) is 2.24. The van der Waals surface area contributed by atoms with Gasteiger partial charge in [-0.3, -0.25) is 5.41 Å². The quantitative estimate of drug-likeness (QED) is 0.582. The summed E-state index contributed by atoms with van der Waals surface area (Å²) < 4.78 is 5.37. The molecule has 86 valence electrons. The lowest BCUT2D eigenvalue weighted by Gasteiger charge is -2.14. The van der Waals surface area contributed by atoms with E-state index < -0.39 is 0 Å². The molecule has 4 heteroatoms. The molecule has 0 saturated carbocycles. The zero-order chi connectivity index (χ0) is 11.4. The summed E-state index contributed by atoms with van der Waals surface area (Å²) in [5.74, 6) is 0.700. The molecule has 0 amide bonds. The van der Waals surface area contributed by atoms with Crippen molar-refractivity contribution >= 4 is 6.02 Å². The molecule has 1 aromatic carbocycles. The van der Waals surface area contributed by atoms with Gasteiger partial charge in [-0.25, -0.2) is 0 Å². The number of rotatable bonds is 2. The average molecular weight is 219 g/mol. The van der Waals surface area contributed by atoms with Crippen molar-refractivity contribution in [1.29, 1.82) is 5.41 Å². The van der Waals surface area contributed by atoms with Crippen LogP contribution in [0.15, 0.2) is 30.3 Å². The molecule has 0 aliphatic carbocycles. The Morgan fingerprint density at radius 3 is 2.81 bits per heavy atom. The normalized spacial score (nSPS) is 20.7. The Balaban J connectivity index is 1.81. The third-order valence-corrected chi connectivity index (χ3v) is 2.69. The largest absolute Gasteiger partial charge is 0.426 e. The first kappa shape index (κ1) is 11.0. The number of likely N-dealkylation sites (N-methyl/N-ethyl adjacent to an activating group) is 1. The number of amidine groups is 1. The summed E-state index contributed by atoms with van der Waals surface area (Å²) in [6.45, 7) is 2.05. The van der Waals surface area contributed by atoms with E-state index in [4.69, 9.17) is 10.1 Å². The number of hydrogen-bond acceptors (Lipinski definition) is 3. The molecule has 2 rings (SSSR count). The highest BCUT2D eigenvalue weighted by atomic mass is 16.5. The van der Waals surface area contributed by atoms with Crippen LogP contribution in [0.1, 0.15) is 6.42 Å². The number of para-hydroxylation sites is 1. The maximum atomic E-state index is 7.70. The predicted octanol–water partition coefficient (Wildman–Crippen LogP) is 1.29. The minimum atomic E-state index is 0.131. The van der Waals surface area contributed by atoms with Gasteiger partial charge in [0.25, 0.3) is 6.02 Å². The van der Waals surface area contributed by atoms with Crippen LogP contribution in [-0.2, 0) is 0 Å². The SMILES string of the molecule is CN1CC[C@@H](NC(=N)Oc2ccccc2)C1. The Morgan fingerprint density at radius 1 is 1.44 bits per heavy atom. The Kier molecular flexibility index (Phi) is 3.41. The van der Waals surface area contributed by atoms with Gasteiger partial charge in [0.1, 0.15) is 5.75 Å². The minimum Gasteiger partial charge on any atom is -0.426 e. The Hall–Kier alpha value is -1.55. The van der Waals surface area contributed by atoms with Crippen LogP contribution in [0.2, 0.25) is 0 Å². The number of likely N-dealkylation sites (tertiary alicyclic amines) is 1. The van der Waals surface area contributed by atoms with Gasteiger partial charge in [-0.1, -0.05) is 18.2 Å². The van der Waals surface area contributed by atoms with Crippen LogP contribution in [0, 0.1) is 5.41 Å². The monoisotopic (exact) mass is 219 g/mol. The molecule has 0 unspecified atom stereocenters. The summed E-state index contributed by atoms with van der Waals surface area (Å²) in [6, 6.07) is 9.87. The number of hydrogen-bond donors (Lipinski definition) is 2. The maximum Gasteiger partial charge on any atom is 0.287 e. The van der Waals surface area contributed by atoms with E-state index in [1.54, 1.807) is 0 Å². The zero-order valence-electron chi connectivity index (χ0n) is 9.44. The molecule has 1 aliphatic rings. The highest BCUT2D eigenvalue weighted by molar-refractivity contribution is 5.73. The van der Waals surface area contributed by atoms with Crippen LogP contribution in [0.5, 0.6) is 5.75 Å². The first-order valence-electron chi connectivity index (χ1n) is 5.50. The fraction of sp³-hybridized carbons (Fsp3) is 0.417. The topological polar surface area (TPSA) is 48.4 Å². The van der Waals surface area contributed by atoms with Gasteiger partial charge in [-0.05, 0) is 32.1 Å². The van der Waals surface area contributed by atoms with Crippen molar-refractivity contribution in [1.82, 2.24) is 10.2 Å². The Labute approximate surface area is 95.7 Å². The standard InChI is InChI=1S/C12H17N3O/c1-15-8-7-10(9-15)14-12(13)16-11-5-3-2-4-6-11/h2-6,10H,7-9H2,1H3,(H2,13,14)/t10-/m1/s1. The summed E-state index contributed by atoms with van der Waals surface area (Å²) in [5, 5.41) is 10.8. The van der Waals surface area contributed by atoms with E-state index in [0.717, 1.165) is 19.5 Å². The van der Waals surface area contributed by atoms with Gasteiger partial charge in [0.15, 0.2) is 0 Å². The maximum absolute atomic E-state index is 7.70. The number of nitrogens with one attached hydrogen (secondary N) is 2. The van der Waals surface area contributed by atoms with Gasteiger partial charge >= 0.3 is 0 Å². The lowest BCUT2D eigenvalue weighted by Crippen LogP contribution is -2.38. The van der Waals surface area contributed by atoms with Crippen molar-refractivity contribution in [2.45, 2.75) is 12.5 Å². The first-order chi connectivity index (χ1) is 7.74. The van der Waals surface area contributed by atoms with Crippen molar-refractivity contribution < 1.29 is 4.74 Å². The van der Waals surface area contributed by atoms with E-state index in [-0.39, 0.29) is 6.02 Å². The third-order valence-electron chi connectivity index (χ3n) is 2.69. The van der Waals surface area contributed by atoms with Crippen LogP contribution >= 0.6 is 0 Å². The minimum absolute atomic E-state index is 0.131. The molecule has 2 N–H and O–H groups in total. The van der Waals surface area contributed by atoms with E-state index in [1.807, 2.05) is 30.3 Å². The second-order valence-corrected chi connectivity index (χ2v) is 4.14. The number of ether oxygens (including phenoxy) is 1. The Morgan fingerprint density at radius 2 is 2.19 bits per heavy atom. The van der Waals surface area contributed by atoms with Gasteiger partial charge < -0.3 is 15.0 Å². The van der Waals surface area contributed by atoms with Gasteiger partial charge in [0.2, 0.25) is 0 Å². The third kappa shape index (κ3) is 2.97. The first-order valence-corrected chi connectivity index (χ1v) is 5.50. The summed E-state index contributed by atoms with van der Waals surface area (Å²) in [5.41, 5.74) is 0. The Bertz CT molecular complexity index is 353. The number of nitrogens with zero attached hydrogens (tertiary/aromatic N) is 1. The highest BCUT2D eigenvalue weighted by Crippen LogP contribution is 2.09. The molecule has 0 radical (unpaired) electrons. The van der Waals surface area contributed by atoms with Gasteiger partial charge in [-0.2, -0.15) is 0 Å². The fourth-order valence-corrected chi connectivity index (χ4v) is 1.87. The van der Waals surface area contributed by atoms with E-state index in [2.05, 4.69) is 17.3 Å². The lowest BCUT2D eigenvalue weighted by molar-refractivity contribution is 0.401. The van der Waals surface area contributed by atoms with Crippen LogP contribution in [0.4, 0.5) is 0 Å². The van der Waals surface area contributed by atoms with Crippen molar-refractivity contribution in [2.24, 2.45) is 0 Å². The number of benzene rings is 1. The van der Waals surface area contributed by atoms with Crippen LogP contribution in [0.25, 0.3) is 0 Å². The van der Waals surface area contributed by atoms with Crippen molar-refractivity contribution in [3.05, 3.63) is 30.3 Å². The summed E-state index contributed by atoms with van der Waals surface area (Å²) in [6.07, 6.45) is 1.07. The van der Waals surface area contributed by atoms with Crippen LogP contribution in [0.3, 0.4) is 0 Å². The van der Waals surface area contributed by atoms with Gasteiger partial charge in [0.05, 0.1) is 0 Å². The molecule has 1 aromatic rings. The molecule has 16 heavy (non-hydrogen) atoms. The molecule has 4 nitrogen and oxygen atoms in total. The molecule has 1 fully saturated rings. The molecule has 0 aromatic heterocycles. The molecular formula is C12H17N3O. The molecule has 1 aliphatic heterocycles. The molecule has 1 saturated heterocycles. The molecular weight excluding hydrogens is 202 g/mol. The molecule has 0 spiro atoms. The summed E-state index contributed by atoms with van der Waals surface area (Å²) >= 11 is 0. The average Bonchev–Trinajstić information content (AvgIpc) is 2.65. The van der Waals surface area contributed by atoms with Crippen LogP contribution < -0.4 is 10.1 Å². The van der Waals surface area contributed by atoms with E-state index in [1.165, 1.54) is 0 Å². The molecule has 1 heterocycles. The smallest absolute Gasteiger partial charge is 0.287 e. The second-order valence-electron chi connectivity index (χ2n) is 4.14. The van der Waals surface area contributed by atoms with E-state index in [0.29, 0.717) is 11.8 Å². The van der Waals surface area contributed by atoms with Crippen molar-refractivity contribution in [3.63, 3.8) is 0 Å². The fourth-order valence-electron chi connectivity index (χ4n) is 1.87. The van der Waals surface area contributed by atoms with Crippen molar-refractivity contribution in [2.75, 3.05) is 20.1 Å². The zero-order valence-corrected chi connectivity index (χ0v) is 9.44. The summed E-state index contributed by atoms with van der Waals surface area (Å²) in [7, 11) is 2.09. The predicted molar refractivity (Wildman–Crippen MR) is 63.8 cm³/mol. The second kappa shape index (κ2) is 4.99. The highest BCUT2D eigenvalue weighted by Gasteiger charge is 2.20. The lowest BCUT2D eigenvalue weighted by atomic mass is 10.3. The van der Waals surface area contributed by atoms with Crippen molar-refractivity contribution in [3.8, 4) is 5.75 Å². The molecule has 1 atom stereocenters. The van der Waals surface area contributed by atoms with E-state index in [9.17, 15) is 0 Å².